The number of sulfonamides is 1. The monoisotopic (exact) mass is 357 g/mol. The van der Waals surface area contributed by atoms with Gasteiger partial charge in [0.25, 0.3) is 0 Å². The summed E-state index contributed by atoms with van der Waals surface area (Å²) in [5.74, 6) is 0. The number of hydrogen-bond acceptors (Lipinski definition) is 3. The van der Waals surface area contributed by atoms with Crippen LogP contribution in [0.1, 0.15) is 19.4 Å². The number of hydrogen-bond donors (Lipinski definition) is 0. The topological polar surface area (TPSA) is 46.6 Å². The van der Waals surface area contributed by atoms with Crippen molar-refractivity contribution in [1.29, 1.82) is 0 Å². The maximum Gasteiger partial charge on any atom is 0.417 e. The van der Waals surface area contributed by atoms with Crippen LogP contribution in [0, 0.1) is 0 Å². The van der Waals surface area contributed by atoms with Crippen LogP contribution in [-0.2, 0) is 20.9 Å². The minimum absolute atomic E-state index is 0.0939. The van der Waals surface area contributed by atoms with E-state index in [1.54, 1.807) is 13.8 Å². The summed E-state index contributed by atoms with van der Waals surface area (Å²) in [4.78, 5) is -0.425. The van der Waals surface area contributed by atoms with E-state index < -0.39 is 31.7 Å². The molecule has 124 valence electrons. The first-order valence-electron chi connectivity index (χ1n) is 6.54. The molecule has 0 spiro atoms. The third-order valence-electron chi connectivity index (χ3n) is 3.27. The van der Waals surface area contributed by atoms with Gasteiger partial charge < -0.3 is 4.74 Å². The van der Waals surface area contributed by atoms with Gasteiger partial charge in [-0.3, -0.25) is 0 Å². The molecule has 0 saturated carbocycles. The highest BCUT2D eigenvalue weighted by atomic mass is 35.5. The molecule has 0 amide bonds. The van der Waals surface area contributed by atoms with Crippen molar-refractivity contribution < 1.29 is 26.3 Å². The number of nitrogens with zero attached hydrogens (tertiary/aromatic N) is 1. The molecule has 0 radical (unpaired) electrons. The van der Waals surface area contributed by atoms with Crippen LogP contribution in [0.25, 0.3) is 0 Å². The normalized spacial score (nSPS) is 24.5. The molecule has 1 aliphatic heterocycles. The summed E-state index contributed by atoms with van der Waals surface area (Å²) in [7, 11) is -4.03. The van der Waals surface area contributed by atoms with Crippen LogP contribution in [-0.4, -0.2) is 38.0 Å². The Bertz CT molecular complexity index is 653. The molecule has 0 N–H and O–H groups in total. The molecule has 1 fully saturated rings. The standard InChI is InChI=1S/C13H15ClF3NO3S/c1-8-6-18(7-9(2)21-8)22(19,20)10-3-4-12(14)11(5-10)13(15,16)17/h3-5,8-9H,6-7H2,1-2H3/t8-,9-/m1/s1. The van der Waals surface area contributed by atoms with Gasteiger partial charge in [0, 0.05) is 13.1 Å². The van der Waals surface area contributed by atoms with Gasteiger partial charge in [-0.15, -0.1) is 0 Å². The van der Waals surface area contributed by atoms with Crippen molar-refractivity contribution in [3.05, 3.63) is 28.8 Å². The lowest BCUT2D eigenvalue weighted by atomic mass is 10.2. The van der Waals surface area contributed by atoms with Gasteiger partial charge in [0.1, 0.15) is 0 Å². The van der Waals surface area contributed by atoms with Crippen molar-refractivity contribution in [2.45, 2.75) is 37.1 Å². The number of ether oxygens (including phenoxy) is 1. The molecule has 1 aliphatic rings. The summed E-state index contributed by atoms with van der Waals surface area (Å²) in [5.41, 5.74) is -1.16. The van der Waals surface area contributed by atoms with E-state index in [9.17, 15) is 21.6 Å². The predicted octanol–water partition coefficient (Wildman–Crippen LogP) is 3.16. The Morgan fingerprint density at radius 2 is 1.77 bits per heavy atom. The molecule has 1 saturated heterocycles. The zero-order valence-corrected chi connectivity index (χ0v) is 13.5. The van der Waals surface area contributed by atoms with Crippen molar-refractivity contribution in [1.82, 2.24) is 4.31 Å². The molecule has 2 atom stereocenters. The molecule has 0 aromatic heterocycles. The van der Waals surface area contributed by atoms with E-state index in [1.807, 2.05) is 0 Å². The van der Waals surface area contributed by atoms with Gasteiger partial charge in [-0.05, 0) is 32.0 Å². The molecule has 1 aromatic rings. The molecule has 22 heavy (non-hydrogen) atoms. The lowest BCUT2D eigenvalue weighted by Gasteiger charge is -2.34. The first-order valence-corrected chi connectivity index (χ1v) is 8.36. The van der Waals surface area contributed by atoms with E-state index in [0.717, 1.165) is 16.4 Å². The Morgan fingerprint density at radius 3 is 2.27 bits per heavy atom. The number of morpholine rings is 1. The Kier molecular flexibility index (Phi) is 4.77. The fraction of sp³-hybridized carbons (Fsp3) is 0.538. The van der Waals surface area contributed by atoms with Gasteiger partial charge >= 0.3 is 6.18 Å². The molecule has 9 heteroatoms. The molecule has 1 aromatic carbocycles. The van der Waals surface area contributed by atoms with E-state index in [1.165, 1.54) is 0 Å². The Balaban J connectivity index is 2.42. The zero-order chi connectivity index (χ0) is 16.7. The summed E-state index contributed by atoms with van der Waals surface area (Å²) >= 11 is 5.51. The lowest BCUT2D eigenvalue weighted by molar-refractivity contribution is -0.137. The molecule has 0 bridgehead atoms. The van der Waals surface area contributed by atoms with Crippen molar-refractivity contribution >= 4 is 21.6 Å². The number of benzene rings is 1. The quantitative estimate of drug-likeness (QED) is 0.816. The van der Waals surface area contributed by atoms with Crippen molar-refractivity contribution in [3.63, 3.8) is 0 Å². The average Bonchev–Trinajstić information content (AvgIpc) is 2.36. The van der Waals surface area contributed by atoms with Crippen LogP contribution in [0.4, 0.5) is 13.2 Å². The van der Waals surface area contributed by atoms with Crippen LogP contribution in [0.5, 0.6) is 0 Å². The van der Waals surface area contributed by atoms with Crippen LogP contribution in [0.15, 0.2) is 23.1 Å². The van der Waals surface area contributed by atoms with Crippen molar-refractivity contribution in [3.8, 4) is 0 Å². The molecule has 0 unspecified atom stereocenters. The highest BCUT2D eigenvalue weighted by Gasteiger charge is 2.37. The van der Waals surface area contributed by atoms with E-state index in [4.69, 9.17) is 16.3 Å². The smallest absolute Gasteiger partial charge is 0.373 e. The molecule has 2 rings (SSSR count). The van der Waals surface area contributed by atoms with Gasteiger partial charge in [-0.2, -0.15) is 17.5 Å². The third-order valence-corrected chi connectivity index (χ3v) is 5.42. The molecular weight excluding hydrogens is 343 g/mol. The Morgan fingerprint density at radius 1 is 1.23 bits per heavy atom. The zero-order valence-electron chi connectivity index (χ0n) is 11.9. The minimum Gasteiger partial charge on any atom is -0.373 e. The summed E-state index contributed by atoms with van der Waals surface area (Å²) in [6.07, 6.45) is -5.37. The second-order valence-electron chi connectivity index (χ2n) is 5.22. The molecule has 1 heterocycles. The third kappa shape index (κ3) is 3.56. The lowest BCUT2D eigenvalue weighted by Crippen LogP contribution is -2.48. The van der Waals surface area contributed by atoms with Gasteiger partial charge in [0.15, 0.2) is 0 Å². The number of rotatable bonds is 2. The number of halogens is 4. The highest BCUT2D eigenvalue weighted by Crippen LogP contribution is 2.36. The molecular formula is C13H15ClF3NO3S. The fourth-order valence-corrected chi connectivity index (χ4v) is 4.20. The van der Waals surface area contributed by atoms with Crippen LogP contribution >= 0.6 is 11.6 Å². The van der Waals surface area contributed by atoms with Crippen molar-refractivity contribution in [2.24, 2.45) is 0 Å². The van der Waals surface area contributed by atoms with E-state index >= 15 is 0 Å². The van der Waals surface area contributed by atoms with Gasteiger partial charge in [0.05, 0.1) is 27.7 Å². The Labute approximate surface area is 131 Å². The molecule has 0 aliphatic carbocycles. The van der Waals surface area contributed by atoms with Crippen molar-refractivity contribution in [2.75, 3.05) is 13.1 Å². The summed E-state index contributed by atoms with van der Waals surface area (Å²) in [5, 5.41) is -0.532. The van der Waals surface area contributed by atoms with E-state index in [0.29, 0.717) is 6.07 Å². The van der Waals surface area contributed by atoms with Crippen LogP contribution < -0.4 is 0 Å². The average molecular weight is 358 g/mol. The number of alkyl halides is 3. The minimum atomic E-state index is -4.71. The van der Waals surface area contributed by atoms with Gasteiger partial charge in [0.2, 0.25) is 10.0 Å². The van der Waals surface area contributed by atoms with Crippen LogP contribution in [0.3, 0.4) is 0 Å². The fourth-order valence-electron chi connectivity index (χ4n) is 2.36. The maximum atomic E-state index is 12.9. The second kappa shape index (κ2) is 5.99. The summed E-state index contributed by atoms with van der Waals surface area (Å²) in [6, 6.07) is 2.60. The summed E-state index contributed by atoms with van der Waals surface area (Å²) in [6.45, 7) is 3.61. The summed E-state index contributed by atoms with van der Waals surface area (Å²) < 4.78 is 70.2. The van der Waals surface area contributed by atoms with E-state index in [-0.39, 0.29) is 25.3 Å². The highest BCUT2D eigenvalue weighted by molar-refractivity contribution is 7.89. The van der Waals surface area contributed by atoms with Crippen LogP contribution in [0.2, 0.25) is 5.02 Å². The predicted molar refractivity (Wildman–Crippen MR) is 75.2 cm³/mol. The maximum absolute atomic E-state index is 12.9. The van der Waals surface area contributed by atoms with Gasteiger partial charge in [-0.1, -0.05) is 11.6 Å². The largest absolute Gasteiger partial charge is 0.417 e. The van der Waals surface area contributed by atoms with E-state index in [2.05, 4.69) is 0 Å². The first kappa shape index (κ1) is 17.5. The first-order chi connectivity index (χ1) is 10.0. The Hall–Kier alpha value is -0.830. The SMILES string of the molecule is C[C@@H]1CN(S(=O)(=O)c2ccc(Cl)c(C(F)(F)F)c2)C[C@@H](C)O1. The van der Waals surface area contributed by atoms with Gasteiger partial charge in [-0.25, -0.2) is 8.42 Å². The molecule has 4 nitrogen and oxygen atoms in total. The second-order valence-corrected chi connectivity index (χ2v) is 7.56.